The first kappa shape index (κ1) is 12.5. The maximum absolute atomic E-state index is 9.03. The molecule has 0 fully saturated rings. The van der Waals surface area contributed by atoms with Crippen LogP contribution in [0.3, 0.4) is 0 Å². The van der Waals surface area contributed by atoms with Crippen molar-refractivity contribution in [1.29, 1.82) is 5.26 Å². The summed E-state index contributed by atoms with van der Waals surface area (Å²) in [5.74, 6) is 0.222. The number of benzene rings is 1. The number of hydrogen-bond donors (Lipinski definition) is 1. The van der Waals surface area contributed by atoms with Crippen LogP contribution in [-0.4, -0.2) is 4.98 Å². The number of halogens is 1. The smallest absolute Gasteiger partial charge is 0.180 e. The van der Waals surface area contributed by atoms with Gasteiger partial charge in [-0.25, -0.2) is 4.98 Å². The molecule has 1 unspecified atom stereocenters. The second kappa shape index (κ2) is 4.84. The van der Waals surface area contributed by atoms with Gasteiger partial charge < -0.3 is 5.73 Å². The summed E-state index contributed by atoms with van der Waals surface area (Å²) >= 11 is 7.84. The molecule has 1 aromatic heterocycles. The van der Waals surface area contributed by atoms with Crippen LogP contribution in [-0.2, 0) is 6.42 Å². The van der Waals surface area contributed by atoms with E-state index in [1.54, 1.807) is 23.5 Å². The van der Waals surface area contributed by atoms with Gasteiger partial charge in [0.15, 0.2) is 5.13 Å². The SMILES string of the molecule is N#Cc1ccc(Cl)c(C2CCCc3nc(N)sc32)c1. The van der Waals surface area contributed by atoms with Gasteiger partial charge in [-0.2, -0.15) is 5.26 Å². The minimum Gasteiger partial charge on any atom is -0.375 e. The third-order valence-electron chi connectivity index (χ3n) is 3.47. The van der Waals surface area contributed by atoms with Crippen LogP contribution in [0.2, 0.25) is 5.02 Å². The zero-order valence-corrected chi connectivity index (χ0v) is 11.8. The standard InChI is InChI=1S/C14H12ClN3S/c15-11-5-4-8(7-16)6-10(11)9-2-1-3-12-13(9)19-14(17)18-12/h4-6,9H,1-3H2,(H2,17,18). The minimum absolute atomic E-state index is 0.222. The lowest BCUT2D eigenvalue weighted by molar-refractivity contribution is 0.617. The number of aryl methyl sites for hydroxylation is 1. The van der Waals surface area contributed by atoms with Crippen molar-refractivity contribution in [2.45, 2.75) is 25.2 Å². The molecule has 0 spiro atoms. The zero-order valence-electron chi connectivity index (χ0n) is 10.2. The average Bonchev–Trinajstić information content (AvgIpc) is 2.79. The first-order valence-corrected chi connectivity index (χ1v) is 7.33. The third-order valence-corrected chi connectivity index (χ3v) is 4.85. The molecule has 3 nitrogen and oxygen atoms in total. The van der Waals surface area contributed by atoms with E-state index in [1.165, 1.54) is 4.88 Å². The summed E-state index contributed by atoms with van der Waals surface area (Å²) < 4.78 is 0. The molecule has 1 aliphatic rings. The quantitative estimate of drug-likeness (QED) is 0.870. The summed E-state index contributed by atoms with van der Waals surface area (Å²) in [5, 5.41) is 10.4. The Balaban J connectivity index is 2.11. The molecule has 1 heterocycles. The second-order valence-electron chi connectivity index (χ2n) is 4.66. The number of anilines is 1. The van der Waals surface area contributed by atoms with E-state index in [0.29, 0.717) is 15.7 Å². The van der Waals surface area contributed by atoms with Crippen LogP contribution in [0, 0.1) is 11.3 Å². The van der Waals surface area contributed by atoms with Gasteiger partial charge in [0.05, 0.1) is 17.3 Å². The van der Waals surface area contributed by atoms with Crippen LogP contribution in [0.1, 0.15) is 40.5 Å². The van der Waals surface area contributed by atoms with Gasteiger partial charge >= 0.3 is 0 Å². The Kier molecular flexibility index (Phi) is 3.17. The van der Waals surface area contributed by atoms with E-state index in [0.717, 1.165) is 30.5 Å². The van der Waals surface area contributed by atoms with Gasteiger partial charge in [0.2, 0.25) is 0 Å². The highest BCUT2D eigenvalue weighted by Crippen LogP contribution is 2.43. The molecular formula is C14H12ClN3S. The highest BCUT2D eigenvalue weighted by molar-refractivity contribution is 7.15. The number of aromatic nitrogens is 1. The van der Waals surface area contributed by atoms with Crippen molar-refractivity contribution >= 4 is 28.1 Å². The van der Waals surface area contributed by atoms with Gasteiger partial charge in [-0.1, -0.05) is 11.6 Å². The molecule has 0 bridgehead atoms. The minimum atomic E-state index is 0.222. The predicted octanol–water partition coefficient (Wildman–Crippen LogP) is 3.72. The topological polar surface area (TPSA) is 62.7 Å². The van der Waals surface area contributed by atoms with Crippen molar-refractivity contribution < 1.29 is 0 Å². The van der Waals surface area contributed by atoms with Gasteiger partial charge in [-0.15, -0.1) is 11.3 Å². The van der Waals surface area contributed by atoms with Gasteiger partial charge in [0.25, 0.3) is 0 Å². The summed E-state index contributed by atoms with van der Waals surface area (Å²) in [6.45, 7) is 0. The molecule has 1 aliphatic carbocycles. The third kappa shape index (κ3) is 2.20. The molecule has 2 aromatic rings. The van der Waals surface area contributed by atoms with E-state index in [1.807, 2.05) is 6.07 Å². The van der Waals surface area contributed by atoms with Gasteiger partial charge in [-0.3, -0.25) is 0 Å². The van der Waals surface area contributed by atoms with Crippen molar-refractivity contribution in [2.75, 3.05) is 5.73 Å². The number of hydrogen-bond acceptors (Lipinski definition) is 4. The van der Waals surface area contributed by atoms with E-state index in [9.17, 15) is 0 Å². The van der Waals surface area contributed by atoms with Crippen molar-refractivity contribution in [2.24, 2.45) is 0 Å². The lowest BCUT2D eigenvalue weighted by atomic mass is 9.85. The molecule has 5 heteroatoms. The molecule has 3 rings (SSSR count). The van der Waals surface area contributed by atoms with Crippen molar-refractivity contribution in [3.8, 4) is 6.07 Å². The number of nitrogen functional groups attached to an aromatic ring is 1. The maximum atomic E-state index is 9.03. The Hall–Kier alpha value is -1.57. The lowest BCUT2D eigenvalue weighted by Crippen LogP contribution is -2.09. The first-order valence-electron chi connectivity index (χ1n) is 6.13. The fourth-order valence-electron chi connectivity index (χ4n) is 2.62. The Morgan fingerprint density at radius 1 is 1.47 bits per heavy atom. The van der Waals surface area contributed by atoms with Crippen LogP contribution < -0.4 is 5.73 Å². The van der Waals surface area contributed by atoms with E-state index < -0.39 is 0 Å². The molecular weight excluding hydrogens is 278 g/mol. The average molecular weight is 290 g/mol. The summed E-state index contributed by atoms with van der Waals surface area (Å²) in [5.41, 5.74) is 8.57. The fraction of sp³-hybridized carbons (Fsp3) is 0.286. The highest BCUT2D eigenvalue weighted by Gasteiger charge is 2.27. The Labute approximate surface area is 120 Å². The van der Waals surface area contributed by atoms with Crippen LogP contribution in [0.4, 0.5) is 5.13 Å². The molecule has 2 N–H and O–H groups in total. The van der Waals surface area contributed by atoms with Crippen molar-refractivity contribution in [3.05, 3.63) is 44.9 Å². The van der Waals surface area contributed by atoms with Crippen LogP contribution in [0.15, 0.2) is 18.2 Å². The molecule has 0 radical (unpaired) electrons. The van der Waals surface area contributed by atoms with Crippen LogP contribution in [0.25, 0.3) is 0 Å². The van der Waals surface area contributed by atoms with Gasteiger partial charge in [0.1, 0.15) is 0 Å². The molecule has 0 amide bonds. The van der Waals surface area contributed by atoms with E-state index in [-0.39, 0.29) is 5.92 Å². The van der Waals surface area contributed by atoms with Crippen LogP contribution in [0.5, 0.6) is 0 Å². The normalized spacial score (nSPS) is 17.8. The molecule has 96 valence electrons. The van der Waals surface area contributed by atoms with Crippen molar-refractivity contribution in [1.82, 2.24) is 4.98 Å². The summed E-state index contributed by atoms with van der Waals surface area (Å²) in [7, 11) is 0. The van der Waals surface area contributed by atoms with E-state index in [2.05, 4.69) is 11.1 Å². The highest BCUT2D eigenvalue weighted by atomic mass is 35.5. The molecule has 1 aromatic carbocycles. The Bertz CT molecular complexity index is 672. The molecule has 19 heavy (non-hydrogen) atoms. The van der Waals surface area contributed by atoms with Crippen LogP contribution >= 0.6 is 22.9 Å². The van der Waals surface area contributed by atoms with Gasteiger partial charge in [0, 0.05) is 15.8 Å². The van der Waals surface area contributed by atoms with E-state index >= 15 is 0 Å². The number of nitrogens with zero attached hydrogens (tertiary/aromatic N) is 2. The number of nitriles is 1. The largest absolute Gasteiger partial charge is 0.375 e. The molecule has 0 saturated heterocycles. The lowest BCUT2D eigenvalue weighted by Gasteiger charge is -2.22. The summed E-state index contributed by atoms with van der Waals surface area (Å²) in [6, 6.07) is 7.60. The second-order valence-corrected chi connectivity index (χ2v) is 6.13. The molecule has 0 aliphatic heterocycles. The summed E-state index contributed by atoms with van der Waals surface area (Å²) in [6.07, 6.45) is 3.09. The molecule has 0 saturated carbocycles. The number of thiazole rings is 1. The predicted molar refractivity (Wildman–Crippen MR) is 77.5 cm³/mol. The Morgan fingerprint density at radius 2 is 2.32 bits per heavy atom. The molecule has 1 atom stereocenters. The Morgan fingerprint density at radius 3 is 3.11 bits per heavy atom. The number of nitrogens with two attached hydrogens (primary N) is 1. The number of rotatable bonds is 1. The fourth-order valence-corrected chi connectivity index (χ4v) is 3.90. The monoisotopic (exact) mass is 289 g/mol. The maximum Gasteiger partial charge on any atom is 0.180 e. The van der Waals surface area contributed by atoms with E-state index in [4.69, 9.17) is 22.6 Å². The number of fused-ring (bicyclic) bond motifs is 1. The van der Waals surface area contributed by atoms with Crippen molar-refractivity contribution in [3.63, 3.8) is 0 Å². The summed E-state index contributed by atoms with van der Waals surface area (Å²) in [4.78, 5) is 5.60. The zero-order chi connectivity index (χ0) is 13.4. The first-order chi connectivity index (χ1) is 9.19. The van der Waals surface area contributed by atoms with Gasteiger partial charge in [-0.05, 0) is 43.0 Å².